The van der Waals surface area contributed by atoms with Crippen LogP contribution in [0.2, 0.25) is 0 Å². The second-order valence-corrected chi connectivity index (χ2v) is 7.66. The molecule has 134 valence electrons. The smallest absolute Gasteiger partial charge is 0.0361 e. The number of hydrogen-bond donors (Lipinski definition) is 0. The summed E-state index contributed by atoms with van der Waals surface area (Å²) < 4.78 is 0. The van der Waals surface area contributed by atoms with E-state index in [1.807, 2.05) is 0 Å². The Labute approximate surface area is 154 Å². The summed E-state index contributed by atoms with van der Waals surface area (Å²) in [4.78, 5) is 2.14. The van der Waals surface area contributed by atoms with E-state index in [9.17, 15) is 0 Å². The number of allylic oxidation sites excluding steroid dienone is 8. The predicted octanol–water partition coefficient (Wildman–Crippen LogP) is 6.35. The molecule has 0 saturated heterocycles. The lowest BCUT2D eigenvalue weighted by molar-refractivity contribution is 0.592. The van der Waals surface area contributed by atoms with Gasteiger partial charge in [-0.05, 0) is 48.4 Å². The van der Waals surface area contributed by atoms with Crippen LogP contribution in [-0.2, 0) is 6.42 Å². The van der Waals surface area contributed by atoms with E-state index in [4.69, 9.17) is 0 Å². The van der Waals surface area contributed by atoms with Crippen LogP contribution in [0.4, 0.5) is 5.69 Å². The predicted molar refractivity (Wildman–Crippen MR) is 112 cm³/mol. The molecule has 0 radical (unpaired) electrons. The molecule has 2 rings (SSSR count). The SMILES string of the molecule is CCC=CC(C)(C)C1=CC=CC(CCc2ccc(N(C)C)cc2)C=C1. The monoisotopic (exact) mass is 335 g/mol. The fourth-order valence-electron chi connectivity index (χ4n) is 3.07. The van der Waals surface area contributed by atoms with Crippen molar-refractivity contribution < 1.29 is 0 Å². The average Bonchev–Trinajstić information content (AvgIpc) is 2.85. The lowest BCUT2D eigenvalue weighted by Gasteiger charge is -2.22. The first kappa shape index (κ1) is 19.3. The van der Waals surface area contributed by atoms with E-state index < -0.39 is 0 Å². The van der Waals surface area contributed by atoms with Crippen LogP contribution >= 0.6 is 0 Å². The normalized spacial score (nSPS) is 17.6. The van der Waals surface area contributed by atoms with Crippen molar-refractivity contribution in [3.63, 3.8) is 0 Å². The highest BCUT2D eigenvalue weighted by molar-refractivity contribution is 5.46. The lowest BCUT2D eigenvalue weighted by atomic mass is 9.83. The van der Waals surface area contributed by atoms with E-state index in [2.05, 4.69) is 107 Å². The van der Waals surface area contributed by atoms with Gasteiger partial charge in [0.05, 0.1) is 0 Å². The Morgan fingerprint density at radius 1 is 1.08 bits per heavy atom. The molecule has 0 bridgehead atoms. The van der Waals surface area contributed by atoms with Gasteiger partial charge in [-0.25, -0.2) is 0 Å². The first-order valence-corrected chi connectivity index (χ1v) is 9.43. The minimum absolute atomic E-state index is 0.0910. The first-order chi connectivity index (χ1) is 11.9. The Hall–Kier alpha value is -2.02. The van der Waals surface area contributed by atoms with E-state index in [0.29, 0.717) is 5.92 Å². The quantitative estimate of drug-likeness (QED) is 0.525. The molecule has 25 heavy (non-hydrogen) atoms. The number of rotatable bonds is 7. The van der Waals surface area contributed by atoms with Crippen molar-refractivity contribution in [2.75, 3.05) is 19.0 Å². The van der Waals surface area contributed by atoms with Gasteiger partial charge in [-0.15, -0.1) is 0 Å². The Morgan fingerprint density at radius 2 is 1.80 bits per heavy atom. The molecule has 0 N–H and O–H groups in total. The molecular weight excluding hydrogens is 302 g/mol. The van der Waals surface area contributed by atoms with E-state index in [-0.39, 0.29) is 5.41 Å². The third kappa shape index (κ3) is 5.77. The fourth-order valence-corrected chi connectivity index (χ4v) is 3.07. The number of hydrogen-bond acceptors (Lipinski definition) is 1. The molecule has 0 spiro atoms. The fraction of sp³-hybridized carbons (Fsp3) is 0.417. The van der Waals surface area contributed by atoms with Gasteiger partial charge in [0.25, 0.3) is 0 Å². The summed E-state index contributed by atoms with van der Waals surface area (Å²) in [5.41, 5.74) is 4.14. The Balaban J connectivity index is 1.95. The summed E-state index contributed by atoms with van der Waals surface area (Å²) in [5, 5.41) is 0. The van der Waals surface area contributed by atoms with E-state index in [0.717, 1.165) is 19.3 Å². The molecule has 0 fully saturated rings. The van der Waals surface area contributed by atoms with Crippen LogP contribution in [-0.4, -0.2) is 14.1 Å². The summed E-state index contributed by atoms with van der Waals surface area (Å²) in [6.45, 7) is 6.76. The maximum Gasteiger partial charge on any atom is 0.0361 e. The molecule has 1 nitrogen and oxygen atoms in total. The van der Waals surface area contributed by atoms with Gasteiger partial charge < -0.3 is 4.90 Å². The number of nitrogens with zero attached hydrogens (tertiary/aromatic N) is 1. The Kier molecular flexibility index (Phi) is 6.87. The van der Waals surface area contributed by atoms with Gasteiger partial charge in [-0.2, -0.15) is 0 Å². The van der Waals surface area contributed by atoms with Crippen molar-refractivity contribution in [3.8, 4) is 0 Å². The van der Waals surface area contributed by atoms with Crippen LogP contribution in [0.5, 0.6) is 0 Å². The highest BCUT2D eigenvalue weighted by Gasteiger charge is 2.18. The van der Waals surface area contributed by atoms with Crippen molar-refractivity contribution in [3.05, 3.63) is 77.9 Å². The molecule has 0 amide bonds. The molecule has 1 atom stereocenters. The van der Waals surface area contributed by atoms with Crippen molar-refractivity contribution in [2.24, 2.45) is 11.3 Å². The average molecular weight is 336 g/mol. The molecule has 0 saturated carbocycles. The van der Waals surface area contributed by atoms with E-state index in [1.54, 1.807) is 0 Å². The van der Waals surface area contributed by atoms with Crippen LogP contribution in [0, 0.1) is 11.3 Å². The second kappa shape index (κ2) is 8.89. The number of aryl methyl sites for hydroxylation is 1. The van der Waals surface area contributed by atoms with Crippen molar-refractivity contribution >= 4 is 5.69 Å². The molecule has 0 aliphatic heterocycles. The number of benzene rings is 1. The summed E-state index contributed by atoms with van der Waals surface area (Å²) in [6.07, 6.45) is 19.5. The topological polar surface area (TPSA) is 3.24 Å². The maximum atomic E-state index is 2.37. The molecule has 1 heteroatoms. The van der Waals surface area contributed by atoms with E-state index >= 15 is 0 Å². The van der Waals surface area contributed by atoms with Crippen molar-refractivity contribution in [1.29, 1.82) is 0 Å². The molecular formula is C24H33N. The lowest BCUT2D eigenvalue weighted by Crippen LogP contribution is -2.09. The molecule has 1 aromatic carbocycles. The van der Waals surface area contributed by atoms with Crippen LogP contribution in [0.25, 0.3) is 0 Å². The zero-order valence-corrected chi connectivity index (χ0v) is 16.5. The second-order valence-electron chi connectivity index (χ2n) is 7.66. The van der Waals surface area contributed by atoms with E-state index in [1.165, 1.54) is 16.8 Å². The molecule has 1 aromatic rings. The standard InChI is InChI=1S/C24H33N/c1-6-7-19-24(2,3)22-10-8-9-20(13-16-22)11-12-21-14-17-23(18-15-21)25(4)5/h7-10,13-20H,6,11-12H2,1-5H3. The highest BCUT2D eigenvalue weighted by atomic mass is 15.1. The molecule has 0 heterocycles. The minimum atomic E-state index is 0.0910. The Bertz CT molecular complexity index is 654. The molecule has 0 aromatic heterocycles. The zero-order valence-electron chi connectivity index (χ0n) is 16.5. The Morgan fingerprint density at radius 3 is 2.44 bits per heavy atom. The van der Waals surface area contributed by atoms with Gasteiger partial charge in [0.15, 0.2) is 0 Å². The largest absolute Gasteiger partial charge is 0.378 e. The summed E-state index contributed by atoms with van der Waals surface area (Å²) in [5.74, 6) is 0.508. The van der Waals surface area contributed by atoms with Gasteiger partial charge in [-0.3, -0.25) is 0 Å². The number of anilines is 1. The minimum Gasteiger partial charge on any atom is -0.378 e. The van der Waals surface area contributed by atoms with Gasteiger partial charge in [-0.1, -0.05) is 75.4 Å². The highest BCUT2D eigenvalue weighted by Crippen LogP contribution is 2.31. The molecule has 1 aliphatic carbocycles. The van der Waals surface area contributed by atoms with Crippen LogP contribution in [0.1, 0.15) is 39.2 Å². The summed E-state index contributed by atoms with van der Waals surface area (Å²) in [6, 6.07) is 8.91. The van der Waals surface area contributed by atoms with Crippen LogP contribution in [0.3, 0.4) is 0 Å². The zero-order chi connectivity index (χ0) is 18.3. The first-order valence-electron chi connectivity index (χ1n) is 9.43. The summed E-state index contributed by atoms with van der Waals surface area (Å²) in [7, 11) is 4.16. The van der Waals surface area contributed by atoms with Gasteiger partial charge in [0, 0.05) is 25.2 Å². The summed E-state index contributed by atoms with van der Waals surface area (Å²) >= 11 is 0. The van der Waals surface area contributed by atoms with Crippen LogP contribution in [0.15, 0.2) is 72.4 Å². The van der Waals surface area contributed by atoms with Gasteiger partial charge >= 0.3 is 0 Å². The maximum absolute atomic E-state index is 2.37. The molecule has 1 aliphatic rings. The van der Waals surface area contributed by atoms with Crippen molar-refractivity contribution in [1.82, 2.24) is 0 Å². The molecule has 1 unspecified atom stereocenters. The third-order valence-electron chi connectivity index (χ3n) is 4.89. The van der Waals surface area contributed by atoms with Gasteiger partial charge in [0.1, 0.15) is 0 Å². The van der Waals surface area contributed by atoms with Gasteiger partial charge in [0.2, 0.25) is 0 Å². The third-order valence-corrected chi connectivity index (χ3v) is 4.89. The van der Waals surface area contributed by atoms with Crippen LogP contribution < -0.4 is 4.90 Å². The van der Waals surface area contributed by atoms with Crippen molar-refractivity contribution in [2.45, 2.75) is 40.0 Å².